The molecular weight excluding hydrogens is 304 g/mol. The smallest absolute Gasteiger partial charge is 0.266 e. The monoisotopic (exact) mass is 322 g/mol. The van der Waals surface area contributed by atoms with Crippen molar-refractivity contribution in [1.29, 1.82) is 5.26 Å². The van der Waals surface area contributed by atoms with Crippen molar-refractivity contribution in [2.75, 3.05) is 19.5 Å². The van der Waals surface area contributed by atoms with Crippen LogP contribution in [0.1, 0.15) is 11.1 Å². The quantitative estimate of drug-likeness (QED) is 0.675. The Morgan fingerprint density at radius 3 is 2.50 bits per heavy atom. The van der Waals surface area contributed by atoms with Crippen LogP contribution < -0.4 is 14.8 Å². The van der Waals surface area contributed by atoms with Gasteiger partial charge >= 0.3 is 0 Å². The first-order valence-electron chi connectivity index (χ1n) is 7.29. The van der Waals surface area contributed by atoms with Crippen LogP contribution in [0, 0.1) is 18.3 Å². The predicted octanol–water partition coefficient (Wildman–Crippen LogP) is 3.56. The molecule has 0 aliphatic heterocycles. The number of ether oxygens (including phenoxy) is 2. The summed E-state index contributed by atoms with van der Waals surface area (Å²) in [6.45, 7) is 1.95. The van der Waals surface area contributed by atoms with Crippen LogP contribution in [-0.2, 0) is 4.79 Å². The lowest BCUT2D eigenvalue weighted by Gasteiger charge is -2.10. The summed E-state index contributed by atoms with van der Waals surface area (Å²) in [5.41, 5.74) is 2.40. The fourth-order valence-corrected chi connectivity index (χ4v) is 2.19. The Kier molecular flexibility index (Phi) is 5.58. The first-order chi connectivity index (χ1) is 11.6. The molecule has 0 aromatic heterocycles. The van der Waals surface area contributed by atoms with Crippen molar-refractivity contribution < 1.29 is 14.3 Å². The zero-order valence-corrected chi connectivity index (χ0v) is 13.8. The van der Waals surface area contributed by atoms with Gasteiger partial charge in [-0.15, -0.1) is 0 Å². The first-order valence-corrected chi connectivity index (χ1v) is 7.29. The molecule has 0 saturated carbocycles. The second-order valence-electron chi connectivity index (χ2n) is 5.11. The zero-order valence-electron chi connectivity index (χ0n) is 13.8. The number of hydrogen-bond acceptors (Lipinski definition) is 4. The number of nitriles is 1. The van der Waals surface area contributed by atoms with Gasteiger partial charge in [0.15, 0.2) is 11.5 Å². The van der Waals surface area contributed by atoms with E-state index in [2.05, 4.69) is 5.32 Å². The van der Waals surface area contributed by atoms with Crippen molar-refractivity contribution in [3.8, 4) is 17.6 Å². The van der Waals surface area contributed by atoms with Gasteiger partial charge in [0.05, 0.1) is 14.2 Å². The Bertz CT molecular complexity index is 820. The molecule has 0 heterocycles. The molecule has 122 valence electrons. The lowest BCUT2D eigenvalue weighted by molar-refractivity contribution is -0.112. The van der Waals surface area contributed by atoms with E-state index in [9.17, 15) is 10.1 Å². The third-order valence-corrected chi connectivity index (χ3v) is 3.36. The number of anilines is 1. The Morgan fingerprint density at radius 1 is 1.12 bits per heavy atom. The van der Waals surface area contributed by atoms with Gasteiger partial charge in [-0.1, -0.05) is 29.8 Å². The highest BCUT2D eigenvalue weighted by molar-refractivity contribution is 6.09. The number of aryl methyl sites for hydroxylation is 1. The molecule has 1 amide bonds. The minimum absolute atomic E-state index is 0.0235. The number of hydrogen-bond donors (Lipinski definition) is 1. The molecule has 0 saturated heterocycles. The highest BCUT2D eigenvalue weighted by Gasteiger charge is 2.11. The van der Waals surface area contributed by atoms with Gasteiger partial charge in [-0.25, -0.2) is 0 Å². The maximum Gasteiger partial charge on any atom is 0.266 e. The molecule has 24 heavy (non-hydrogen) atoms. The van der Waals surface area contributed by atoms with E-state index in [0.29, 0.717) is 17.2 Å². The fraction of sp³-hybridized carbons (Fsp3) is 0.158. The Balaban J connectivity index is 2.23. The van der Waals surface area contributed by atoms with Crippen molar-refractivity contribution in [2.24, 2.45) is 0 Å². The molecule has 2 rings (SSSR count). The van der Waals surface area contributed by atoms with Crippen LogP contribution in [0.25, 0.3) is 6.08 Å². The predicted molar refractivity (Wildman–Crippen MR) is 92.9 cm³/mol. The summed E-state index contributed by atoms with van der Waals surface area (Å²) >= 11 is 0. The van der Waals surface area contributed by atoms with Gasteiger partial charge in [0.25, 0.3) is 5.91 Å². The number of carbonyl (C=O) groups excluding carboxylic acids is 1. The molecule has 2 aromatic carbocycles. The Hall–Kier alpha value is -3.26. The number of rotatable bonds is 5. The largest absolute Gasteiger partial charge is 0.493 e. The molecule has 5 heteroatoms. The van der Waals surface area contributed by atoms with Crippen LogP contribution in [0.2, 0.25) is 0 Å². The van der Waals surface area contributed by atoms with E-state index in [1.807, 2.05) is 37.3 Å². The van der Waals surface area contributed by atoms with E-state index in [1.165, 1.54) is 14.2 Å². The SMILES string of the molecule is COc1ccc(NC(=O)/C(C#N)=C/c2cccc(C)c2)cc1OC. The third kappa shape index (κ3) is 4.14. The summed E-state index contributed by atoms with van der Waals surface area (Å²) in [7, 11) is 3.05. The summed E-state index contributed by atoms with van der Waals surface area (Å²) in [6.07, 6.45) is 1.56. The molecule has 2 aromatic rings. The van der Waals surface area contributed by atoms with Crippen LogP contribution in [0.5, 0.6) is 11.5 Å². The van der Waals surface area contributed by atoms with Gasteiger partial charge < -0.3 is 14.8 Å². The molecular formula is C19H18N2O3. The maximum atomic E-state index is 12.3. The highest BCUT2D eigenvalue weighted by atomic mass is 16.5. The summed E-state index contributed by atoms with van der Waals surface area (Å²) < 4.78 is 10.4. The van der Waals surface area contributed by atoms with E-state index < -0.39 is 5.91 Å². The van der Waals surface area contributed by atoms with Gasteiger partial charge in [-0.2, -0.15) is 5.26 Å². The van der Waals surface area contributed by atoms with Crippen molar-refractivity contribution in [2.45, 2.75) is 6.92 Å². The second-order valence-corrected chi connectivity index (χ2v) is 5.11. The topological polar surface area (TPSA) is 71.3 Å². The number of nitrogens with one attached hydrogen (secondary N) is 1. The van der Waals surface area contributed by atoms with Crippen LogP contribution in [0.3, 0.4) is 0 Å². The second kappa shape index (κ2) is 7.84. The Morgan fingerprint density at radius 2 is 1.88 bits per heavy atom. The molecule has 0 aliphatic rings. The zero-order chi connectivity index (χ0) is 17.5. The molecule has 0 aliphatic carbocycles. The minimum Gasteiger partial charge on any atom is -0.493 e. The number of amides is 1. The lowest BCUT2D eigenvalue weighted by Crippen LogP contribution is -2.13. The molecule has 1 N–H and O–H groups in total. The van der Waals surface area contributed by atoms with Crippen LogP contribution in [-0.4, -0.2) is 20.1 Å². The molecule has 0 spiro atoms. The molecule has 0 radical (unpaired) electrons. The maximum absolute atomic E-state index is 12.3. The summed E-state index contributed by atoms with van der Waals surface area (Å²) in [5, 5.41) is 12.0. The number of carbonyl (C=O) groups is 1. The van der Waals surface area contributed by atoms with Gasteiger partial charge in [0, 0.05) is 11.8 Å². The lowest BCUT2D eigenvalue weighted by atomic mass is 10.1. The van der Waals surface area contributed by atoms with E-state index in [0.717, 1.165) is 11.1 Å². The summed E-state index contributed by atoms with van der Waals surface area (Å²) in [6, 6.07) is 14.5. The standard InChI is InChI=1S/C19H18N2O3/c1-13-5-4-6-14(9-13)10-15(12-20)19(22)21-16-7-8-17(23-2)18(11-16)24-3/h4-11H,1-3H3,(H,21,22)/b15-10+. The van der Waals surface area contributed by atoms with E-state index >= 15 is 0 Å². The molecule has 0 unspecified atom stereocenters. The van der Waals surface area contributed by atoms with Crippen molar-refractivity contribution in [3.05, 3.63) is 59.2 Å². The van der Waals surface area contributed by atoms with Gasteiger partial charge in [-0.05, 0) is 30.7 Å². The molecule has 0 fully saturated rings. The van der Waals surface area contributed by atoms with Crippen molar-refractivity contribution in [3.63, 3.8) is 0 Å². The van der Waals surface area contributed by atoms with E-state index in [-0.39, 0.29) is 5.57 Å². The van der Waals surface area contributed by atoms with Crippen molar-refractivity contribution in [1.82, 2.24) is 0 Å². The van der Waals surface area contributed by atoms with E-state index in [4.69, 9.17) is 9.47 Å². The summed E-state index contributed by atoms with van der Waals surface area (Å²) in [4.78, 5) is 12.3. The van der Waals surface area contributed by atoms with Crippen LogP contribution in [0.15, 0.2) is 48.0 Å². The number of nitrogens with zero attached hydrogens (tertiary/aromatic N) is 1. The number of benzene rings is 2. The molecule has 0 atom stereocenters. The van der Waals surface area contributed by atoms with E-state index in [1.54, 1.807) is 24.3 Å². The fourth-order valence-electron chi connectivity index (χ4n) is 2.19. The van der Waals surface area contributed by atoms with Crippen molar-refractivity contribution >= 4 is 17.7 Å². The third-order valence-electron chi connectivity index (χ3n) is 3.36. The minimum atomic E-state index is -0.480. The number of methoxy groups -OCH3 is 2. The molecule has 5 nitrogen and oxygen atoms in total. The normalized spacial score (nSPS) is 10.7. The van der Waals surface area contributed by atoms with Crippen LogP contribution >= 0.6 is 0 Å². The average molecular weight is 322 g/mol. The van der Waals surface area contributed by atoms with Gasteiger partial charge in [0.1, 0.15) is 11.6 Å². The Labute approximate surface area is 141 Å². The van der Waals surface area contributed by atoms with Gasteiger partial charge in [-0.3, -0.25) is 4.79 Å². The highest BCUT2D eigenvalue weighted by Crippen LogP contribution is 2.29. The van der Waals surface area contributed by atoms with Crippen LogP contribution in [0.4, 0.5) is 5.69 Å². The van der Waals surface area contributed by atoms with Gasteiger partial charge in [0.2, 0.25) is 0 Å². The molecule has 0 bridgehead atoms. The first kappa shape index (κ1) is 17.1. The average Bonchev–Trinajstić information content (AvgIpc) is 2.59. The summed E-state index contributed by atoms with van der Waals surface area (Å²) in [5.74, 6) is 0.578.